The molecule has 4 nitrogen and oxygen atoms in total. The Kier molecular flexibility index (Phi) is 3.66. The molecule has 0 saturated carbocycles. The largest absolute Gasteiger partial charge is 0.291 e. The van der Waals surface area contributed by atoms with Crippen molar-refractivity contribution in [3.63, 3.8) is 0 Å². The first-order valence-corrected chi connectivity index (χ1v) is 10.4. The van der Waals surface area contributed by atoms with Crippen LogP contribution in [0.4, 0.5) is 0 Å². The van der Waals surface area contributed by atoms with Crippen molar-refractivity contribution in [2.45, 2.75) is 0 Å². The molecule has 0 N–H and O–H groups in total. The average Bonchev–Trinajstić information content (AvgIpc) is 3.43. The molecular weight excluding hydrogens is 400 g/mol. The Morgan fingerprint density at radius 2 is 1.66 bits per heavy atom. The van der Waals surface area contributed by atoms with Gasteiger partial charge in [0.2, 0.25) is 0 Å². The molecule has 0 unspecified atom stereocenters. The van der Waals surface area contributed by atoms with Crippen molar-refractivity contribution in [1.82, 2.24) is 19.5 Å². The Labute approximate surface area is 175 Å². The molecule has 6 rings (SSSR count). The van der Waals surface area contributed by atoms with Crippen molar-refractivity contribution < 1.29 is 0 Å². The fourth-order valence-electron chi connectivity index (χ4n) is 3.87. The van der Waals surface area contributed by atoms with Crippen molar-refractivity contribution >= 4 is 55.8 Å². The topological polar surface area (TPSA) is 43.6 Å². The van der Waals surface area contributed by atoms with E-state index in [4.69, 9.17) is 16.6 Å². The quantitative estimate of drug-likeness (QED) is 0.305. The predicted octanol–water partition coefficient (Wildman–Crippen LogP) is 6.50. The van der Waals surface area contributed by atoms with Crippen molar-refractivity contribution in [3.8, 4) is 16.4 Å². The molecule has 0 fully saturated rings. The van der Waals surface area contributed by atoms with E-state index in [9.17, 15) is 0 Å². The Morgan fingerprint density at radius 1 is 0.793 bits per heavy atom. The van der Waals surface area contributed by atoms with E-state index < -0.39 is 0 Å². The summed E-state index contributed by atoms with van der Waals surface area (Å²) in [5.41, 5.74) is 4.46. The zero-order valence-electron chi connectivity index (χ0n) is 15.1. The third-order valence-electron chi connectivity index (χ3n) is 5.06. The van der Waals surface area contributed by atoms with Crippen molar-refractivity contribution in [2.24, 2.45) is 0 Å². The minimum Gasteiger partial charge on any atom is -0.291 e. The highest BCUT2D eigenvalue weighted by molar-refractivity contribution is 7.13. The monoisotopic (exact) mass is 412 g/mol. The summed E-state index contributed by atoms with van der Waals surface area (Å²) in [6, 6.07) is 20.2. The lowest BCUT2D eigenvalue weighted by Gasteiger charge is -2.11. The van der Waals surface area contributed by atoms with Crippen LogP contribution >= 0.6 is 22.9 Å². The summed E-state index contributed by atoms with van der Waals surface area (Å²) in [6.07, 6.45) is 3.51. The summed E-state index contributed by atoms with van der Waals surface area (Å²) in [6.45, 7) is 0. The van der Waals surface area contributed by atoms with Gasteiger partial charge in [0.1, 0.15) is 5.52 Å². The molecule has 0 bridgehead atoms. The Bertz CT molecular complexity index is 1500. The van der Waals surface area contributed by atoms with Gasteiger partial charge in [-0.15, -0.1) is 11.3 Å². The number of fused-ring (bicyclic) bond motifs is 6. The summed E-state index contributed by atoms with van der Waals surface area (Å²) < 4.78 is 2.18. The molecule has 4 aromatic heterocycles. The lowest BCUT2D eigenvalue weighted by molar-refractivity contribution is 1.11. The number of halogens is 1. The Balaban J connectivity index is 1.94. The molecule has 0 radical (unpaired) electrons. The van der Waals surface area contributed by atoms with E-state index in [1.54, 1.807) is 23.7 Å². The highest BCUT2D eigenvalue weighted by atomic mass is 35.5. The summed E-state index contributed by atoms with van der Waals surface area (Å²) in [5.74, 6) is 0.888. The molecule has 0 atom stereocenters. The average molecular weight is 413 g/mol. The number of thiophene rings is 1. The minimum absolute atomic E-state index is 0.641. The van der Waals surface area contributed by atoms with Crippen LogP contribution in [0.25, 0.3) is 49.2 Å². The number of nitrogens with zero attached hydrogens (tertiary/aromatic N) is 4. The highest BCUT2D eigenvalue weighted by Gasteiger charge is 2.22. The lowest BCUT2D eigenvalue weighted by atomic mass is 10.1. The third-order valence-corrected chi connectivity index (χ3v) is 6.24. The number of benzene rings is 2. The number of aromatic nitrogens is 4. The second-order valence-electron chi connectivity index (χ2n) is 6.70. The van der Waals surface area contributed by atoms with Crippen LogP contribution in [0.2, 0.25) is 5.02 Å². The number of hydrogen-bond donors (Lipinski definition) is 0. The Morgan fingerprint density at radius 3 is 2.48 bits per heavy atom. The number of rotatable bonds is 2. The van der Waals surface area contributed by atoms with E-state index in [1.807, 2.05) is 42.5 Å². The van der Waals surface area contributed by atoms with Gasteiger partial charge in [0.15, 0.2) is 5.82 Å². The van der Waals surface area contributed by atoms with Crippen LogP contribution in [0.15, 0.2) is 78.4 Å². The molecule has 6 aromatic rings. The molecule has 0 amide bonds. The van der Waals surface area contributed by atoms with Gasteiger partial charge in [0.05, 0.1) is 26.4 Å². The molecule has 0 aliphatic carbocycles. The van der Waals surface area contributed by atoms with Gasteiger partial charge in [-0.25, -0.2) is 4.98 Å². The first-order valence-electron chi connectivity index (χ1n) is 9.15. The van der Waals surface area contributed by atoms with Gasteiger partial charge >= 0.3 is 0 Å². The summed E-state index contributed by atoms with van der Waals surface area (Å²) in [7, 11) is 0. The maximum Gasteiger partial charge on any atom is 0.155 e. The van der Waals surface area contributed by atoms with Gasteiger partial charge in [-0.3, -0.25) is 14.5 Å². The number of para-hydroxylation sites is 1. The molecule has 0 aliphatic rings. The molecule has 0 aliphatic heterocycles. The summed E-state index contributed by atoms with van der Waals surface area (Å²) in [4.78, 5) is 15.4. The first kappa shape index (κ1) is 16.7. The molecule has 138 valence electrons. The van der Waals surface area contributed by atoms with E-state index in [0.717, 1.165) is 49.2 Å². The fourth-order valence-corrected chi connectivity index (χ4v) is 4.80. The summed E-state index contributed by atoms with van der Waals surface area (Å²) in [5, 5.41) is 4.55. The van der Waals surface area contributed by atoms with E-state index in [1.165, 1.54) is 0 Å². The van der Waals surface area contributed by atoms with Crippen LogP contribution in [-0.2, 0) is 0 Å². The molecule has 0 spiro atoms. The van der Waals surface area contributed by atoms with Gasteiger partial charge in [0.25, 0.3) is 0 Å². The maximum absolute atomic E-state index is 6.72. The van der Waals surface area contributed by atoms with Gasteiger partial charge in [-0.1, -0.05) is 35.9 Å². The SMILES string of the molecule is Clc1ccnc2c3ncccc3c3nc(-c4cccs4)n(-c4ccccc4)c3c12. The molecule has 2 aromatic carbocycles. The smallest absolute Gasteiger partial charge is 0.155 e. The normalized spacial score (nSPS) is 11.6. The van der Waals surface area contributed by atoms with E-state index in [-0.39, 0.29) is 0 Å². The van der Waals surface area contributed by atoms with Gasteiger partial charge in [-0.05, 0) is 41.8 Å². The standard InChI is InChI=1S/C23H13ClN4S/c24-16-10-12-26-21-18(16)22-20(15-8-4-11-25-19(15)21)27-23(17-9-5-13-29-17)28(22)14-6-2-1-3-7-14/h1-13H. The van der Waals surface area contributed by atoms with Gasteiger partial charge < -0.3 is 0 Å². The van der Waals surface area contributed by atoms with E-state index in [0.29, 0.717) is 5.02 Å². The molecule has 29 heavy (non-hydrogen) atoms. The van der Waals surface area contributed by atoms with Crippen LogP contribution in [0.5, 0.6) is 0 Å². The Hall–Kier alpha value is -3.28. The number of pyridine rings is 2. The predicted molar refractivity (Wildman–Crippen MR) is 120 cm³/mol. The lowest BCUT2D eigenvalue weighted by Crippen LogP contribution is -1.98. The van der Waals surface area contributed by atoms with Crippen molar-refractivity contribution in [3.05, 3.63) is 83.5 Å². The maximum atomic E-state index is 6.72. The minimum atomic E-state index is 0.641. The summed E-state index contributed by atoms with van der Waals surface area (Å²) >= 11 is 8.39. The third kappa shape index (κ3) is 2.41. The van der Waals surface area contributed by atoms with Crippen LogP contribution in [-0.4, -0.2) is 19.5 Å². The van der Waals surface area contributed by atoms with Crippen molar-refractivity contribution in [2.75, 3.05) is 0 Å². The first-order chi connectivity index (χ1) is 14.3. The van der Waals surface area contributed by atoms with E-state index >= 15 is 0 Å². The van der Waals surface area contributed by atoms with Crippen LogP contribution in [0, 0.1) is 0 Å². The zero-order chi connectivity index (χ0) is 19.4. The van der Waals surface area contributed by atoms with Gasteiger partial charge in [-0.2, -0.15) is 0 Å². The molecule has 0 saturated heterocycles. The van der Waals surface area contributed by atoms with Crippen molar-refractivity contribution in [1.29, 1.82) is 0 Å². The highest BCUT2D eigenvalue weighted by Crippen LogP contribution is 2.40. The molecular formula is C23H13ClN4S. The second kappa shape index (κ2) is 6.37. The van der Waals surface area contributed by atoms with Crippen LogP contribution in [0.3, 0.4) is 0 Å². The number of hydrogen-bond acceptors (Lipinski definition) is 4. The number of imidazole rings is 1. The van der Waals surface area contributed by atoms with E-state index in [2.05, 4.69) is 38.1 Å². The fraction of sp³-hybridized carbons (Fsp3) is 0. The van der Waals surface area contributed by atoms with Crippen LogP contribution < -0.4 is 0 Å². The zero-order valence-corrected chi connectivity index (χ0v) is 16.7. The molecule has 4 heterocycles. The second-order valence-corrected chi connectivity index (χ2v) is 8.05. The van der Waals surface area contributed by atoms with Gasteiger partial charge in [0, 0.05) is 28.9 Å². The van der Waals surface area contributed by atoms with Crippen LogP contribution in [0.1, 0.15) is 0 Å². The molecule has 6 heteroatoms.